The number of amides is 2. The third-order valence-corrected chi connectivity index (χ3v) is 7.16. The van der Waals surface area contributed by atoms with E-state index in [4.69, 9.17) is 0 Å². The van der Waals surface area contributed by atoms with Crippen LogP contribution in [0.3, 0.4) is 0 Å². The molecule has 5 nitrogen and oxygen atoms in total. The molecule has 166 valence electrons. The Kier molecular flexibility index (Phi) is 7.59. The Morgan fingerprint density at radius 2 is 1.73 bits per heavy atom. The molecule has 0 aliphatic carbocycles. The van der Waals surface area contributed by atoms with Crippen LogP contribution in [0.4, 0.5) is 10.8 Å². The van der Waals surface area contributed by atoms with Gasteiger partial charge in [-0.1, -0.05) is 64.5 Å². The van der Waals surface area contributed by atoms with E-state index in [-0.39, 0.29) is 11.8 Å². The fraction of sp³-hybridized carbons (Fsp3) is 0.0800. The third-order valence-electron chi connectivity index (χ3n) is 4.62. The van der Waals surface area contributed by atoms with E-state index in [0.717, 1.165) is 26.2 Å². The second-order valence-electron chi connectivity index (χ2n) is 7.15. The van der Waals surface area contributed by atoms with Crippen LogP contribution in [0, 0.1) is 0 Å². The van der Waals surface area contributed by atoms with Crippen LogP contribution in [0.5, 0.6) is 0 Å². The molecule has 1 aromatic heterocycles. The summed E-state index contributed by atoms with van der Waals surface area (Å²) in [5.74, 6) is -0.298. The van der Waals surface area contributed by atoms with Gasteiger partial charge in [-0.05, 0) is 35.9 Å². The number of benzene rings is 3. The van der Waals surface area contributed by atoms with Crippen molar-refractivity contribution in [2.75, 3.05) is 10.6 Å². The smallest absolute Gasteiger partial charge is 0.244 e. The van der Waals surface area contributed by atoms with E-state index >= 15 is 0 Å². The Bertz CT molecular complexity index is 1260. The second-order valence-corrected chi connectivity index (χ2v) is 10.1. The van der Waals surface area contributed by atoms with E-state index in [9.17, 15) is 9.59 Å². The number of nitrogens with zero attached hydrogens (tertiary/aromatic N) is 1. The first-order valence-electron chi connectivity index (χ1n) is 10.1. The number of carbonyl (C=O) groups is 2. The lowest BCUT2D eigenvalue weighted by Crippen LogP contribution is -2.19. The zero-order valence-corrected chi connectivity index (χ0v) is 20.8. The molecule has 0 saturated heterocycles. The van der Waals surface area contributed by atoms with Crippen molar-refractivity contribution in [1.82, 2.24) is 4.98 Å². The minimum atomic E-state index is -0.487. The molecule has 0 aliphatic rings. The highest BCUT2D eigenvalue weighted by Gasteiger charge is 2.23. The molecule has 0 aliphatic heterocycles. The Labute approximate surface area is 208 Å². The zero-order valence-electron chi connectivity index (χ0n) is 17.6. The number of carbonyl (C=O) groups excluding carboxylic acids is 2. The summed E-state index contributed by atoms with van der Waals surface area (Å²) in [6.07, 6.45) is 0. The minimum Gasteiger partial charge on any atom is -0.326 e. The minimum absolute atomic E-state index is 0.139. The molecule has 8 heteroatoms. The van der Waals surface area contributed by atoms with Crippen LogP contribution in [0.1, 0.15) is 17.7 Å². The number of rotatable bonds is 7. The van der Waals surface area contributed by atoms with Crippen molar-refractivity contribution in [3.63, 3.8) is 0 Å². The molecule has 4 rings (SSSR count). The van der Waals surface area contributed by atoms with E-state index in [1.54, 1.807) is 0 Å². The maximum absolute atomic E-state index is 13.3. The molecule has 0 saturated carbocycles. The van der Waals surface area contributed by atoms with Gasteiger partial charge in [-0.25, -0.2) is 4.98 Å². The van der Waals surface area contributed by atoms with Gasteiger partial charge in [-0.2, -0.15) is 0 Å². The van der Waals surface area contributed by atoms with Gasteiger partial charge >= 0.3 is 0 Å². The van der Waals surface area contributed by atoms with E-state index in [1.165, 1.54) is 30.0 Å². The van der Waals surface area contributed by atoms with Crippen molar-refractivity contribution in [2.45, 2.75) is 17.1 Å². The highest BCUT2D eigenvalue weighted by atomic mass is 79.9. The van der Waals surface area contributed by atoms with Gasteiger partial charge in [0.05, 0.1) is 5.69 Å². The van der Waals surface area contributed by atoms with Crippen molar-refractivity contribution in [3.8, 4) is 11.3 Å². The Hall–Kier alpha value is -2.94. The largest absolute Gasteiger partial charge is 0.326 e. The van der Waals surface area contributed by atoms with Crippen LogP contribution in [0.15, 0.2) is 93.6 Å². The number of hydrogen-bond acceptors (Lipinski definition) is 5. The Morgan fingerprint density at radius 1 is 0.970 bits per heavy atom. The van der Waals surface area contributed by atoms with E-state index in [0.29, 0.717) is 10.8 Å². The van der Waals surface area contributed by atoms with Crippen LogP contribution in [-0.4, -0.2) is 16.8 Å². The fourth-order valence-corrected chi connectivity index (χ4v) is 5.21. The number of anilines is 2. The normalized spacial score (nSPS) is 11.6. The average molecular weight is 538 g/mol. The number of aromatic nitrogens is 1. The summed E-state index contributed by atoms with van der Waals surface area (Å²) in [6, 6.07) is 25.0. The highest BCUT2D eigenvalue weighted by molar-refractivity contribution is 9.10. The molecule has 2 N–H and O–H groups in total. The number of thioether (sulfide) groups is 1. The van der Waals surface area contributed by atoms with E-state index in [1.807, 2.05) is 84.2 Å². The fourth-order valence-electron chi connectivity index (χ4n) is 3.14. The molecule has 0 fully saturated rings. The summed E-state index contributed by atoms with van der Waals surface area (Å²) in [5, 5.41) is 7.75. The molecule has 1 heterocycles. The monoisotopic (exact) mass is 537 g/mol. The maximum Gasteiger partial charge on any atom is 0.244 e. The van der Waals surface area contributed by atoms with Crippen molar-refractivity contribution >= 4 is 61.7 Å². The summed E-state index contributed by atoms with van der Waals surface area (Å²) >= 11 is 6.26. The second kappa shape index (κ2) is 10.8. The van der Waals surface area contributed by atoms with Crippen LogP contribution in [0.2, 0.25) is 0 Å². The first-order valence-corrected chi connectivity index (χ1v) is 12.6. The van der Waals surface area contributed by atoms with Crippen molar-refractivity contribution in [3.05, 3.63) is 94.3 Å². The average Bonchev–Trinajstić information content (AvgIpc) is 3.26. The third kappa shape index (κ3) is 6.31. The lowest BCUT2D eigenvalue weighted by molar-refractivity contribution is -0.116. The van der Waals surface area contributed by atoms with Gasteiger partial charge in [0.2, 0.25) is 11.8 Å². The molecule has 4 aromatic rings. The SMILES string of the molecule is CC(=O)Nc1cccc(SC(C(=O)Nc2nc(-c3ccc(Br)cc3)cs2)c2ccccc2)c1. The lowest BCUT2D eigenvalue weighted by Gasteiger charge is -2.16. The summed E-state index contributed by atoms with van der Waals surface area (Å²) in [6.45, 7) is 1.47. The lowest BCUT2D eigenvalue weighted by atomic mass is 10.1. The Morgan fingerprint density at radius 3 is 2.45 bits per heavy atom. The predicted octanol–water partition coefficient (Wildman–Crippen LogP) is 7.00. The Balaban J connectivity index is 1.55. The van der Waals surface area contributed by atoms with Crippen LogP contribution >= 0.6 is 39.0 Å². The van der Waals surface area contributed by atoms with Crippen molar-refractivity contribution in [2.24, 2.45) is 0 Å². The molecular weight excluding hydrogens is 518 g/mol. The zero-order chi connectivity index (χ0) is 23.2. The highest BCUT2D eigenvalue weighted by Crippen LogP contribution is 2.37. The van der Waals surface area contributed by atoms with Gasteiger partial charge in [0.25, 0.3) is 0 Å². The van der Waals surface area contributed by atoms with Gasteiger partial charge in [-0.3, -0.25) is 9.59 Å². The molecule has 2 amide bonds. The van der Waals surface area contributed by atoms with Crippen LogP contribution in [0.25, 0.3) is 11.3 Å². The van der Waals surface area contributed by atoms with Gasteiger partial charge < -0.3 is 10.6 Å². The van der Waals surface area contributed by atoms with Gasteiger partial charge in [0.15, 0.2) is 5.13 Å². The summed E-state index contributed by atoms with van der Waals surface area (Å²) < 4.78 is 1.00. The van der Waals surface area contributed by atoms with Gasteiger partial charge in [0.1, 0.15) is 5.25 Å². The molecule has 0 radical (unpaired) electrons. The first-order chi connectivity index (χ1) is 16.0. The molecule has 33 heavy (non-hydrogen) atoms. The predicted molar refractivity (Wildman–Crippen MR) is 140 cm³/mol. The standard InChI is InChI=1S/C25H20BrN3O2S2/c1-16(30)27-20-8-5-9-21(14-20)33-23(18-6-3-2-4-7-18)24(31)29-25-28-22(15-32-25)17-10-12-19(26)13-11-17/h2-15,23H,1H3,(H,27,30)(H,28,29,31). The molecule has 0 bridgehead atoms. The summed E-state index contributed by atoms with van der Waals surface area (Å²) in [5.41, 5.74) is 3.38. The van der Waals surface area contributed by atoms with Gasteiger partial charge in [0, 0.05) is 32.9 Å². The number of thiazole rings is 1. The number of hydrogen-bond donors (Lipinski definition) is 2. The summed E-state index contributed by atoms with van der Waals surface area (Å²) in [7, 11) is 0. The quantitative estimate of drug-likeness (QED) is 0.249. The van der Waals surface area contributed by atoms with Crippen molar-refractivity contribution in [1.29, 1.82) is 0 Å². The molecule has 0 spiro atoms. The van der Waals surface area contributed by atoms with Crippen LogP contribution < -0.4 is 10.6 Å². The van der Waals surface area contributed by atoms with E-state index < -0.39 is 5.25 Å². The molecule has 1 unspecified atom stereocenters. The topological polar surface area (TPSA) is 71.1 Å². The van der Waals surface area contributed by atoms with E-state index in [2.05, 4.69) is 31.5 Å². The molecule has 1 atom stereocenters. The van der Waals surface area contributed by atoms with Crippen molar-refractivity contribution < 1.29 is 9.59 Å². The van der Waals surface area contributed by atoms with Gasteiger partial charge in [-0.15, -0.1) is 23.1 Å². The maximum atomic E-state index is 13.3. The first kappa shape index (κ1) is 23.2. The number of halogens is 1. The van der Waals surface area contributed by atoms with Crippen LogP contribution in [-0.2, 0) is 9.59 Å². The molecule has 3 aromatic carbocycles. The molecular formula is C25H20BrN3O2S2. The summed E-state index contributed by atoms with van der Waals surface area (Å²) in [4.78, 5) is 30.2. The number of nitrogens with one attached hydrogen (secondary N) is 2.